The van der Waals surface area contributed by atoms with Crippen molar-refractivity contribution in [2.45, 2.75) is 56.5 Å². The maximum Gasteiger partial charge on any atom is 0.326 e. The van der Waals surface area contributed by atoms with Gasteiger partial charge in [0.2, 0.25) is 17.7 Å². The van der Waals surface area contributed by atoms with Crippen molar-refractivity contribution in [2.24, 2.45) is 5.73 Å². The third-order valence-electron chi connectivity index (χ3n) is 5.03. The summed E-state index contributed by atoms with van der Waals surface area (Å²) in [5.74, 6) is -5.13. The number of carboxylic acid groups (broad SMARTS) is 2. The zero-order valence-corrected chi connectivity index (χ0v) is 20.7. The molecule has 0 aliphatic carbocycles. The molecule has 0 fully saturated rings. The molecule has 1 aromatic rings. The lowest BCUT2D eigenvalue weighted by Crippen LogP contribution is -2.60. The SMILES string of the molecule is CSCCC(NC(=O)C(N)Cc1ccc(O)cc1)C(=O)NC(C(=O)NC(CC(=O)O)C(=O)O)C(C)O. The summed E-state index contributed by atoms with van der Waals surface area (Å²) >= 11 is 1.40. The highest BCUT2D eigenvalue weighted by Crippen LogP contribution is 2.11. The zero-order valence-electron chi connectivity index (χ0n) is 19.8. The second kappa shape index (κ2) is 14.9. The first kappa shape index (κ1) is 30.7. The summed E-state index contributed by atoms with van der Waals surface area (Å²) in [5.41, 5.74) is 6.65. The molecule has 0 bridgehead atoms. The maximum atomic E-state index is 12.9. The molecule has 0 heterocycles. The Hall–Kier alpha value is -3.36. The van der Waals surface area contributed by atoms with Crippen LogP contribution in [0.5, 0.6) is 5.75 Å². The lowest BCUT2D eigenvalue weighted by molar-refractivity contribution is -0.148. The largest absolute Gasteiger partial charge is 0.508 e. The first-order chi connectivity index (χ1) is 16.8. The van der Waals surface area contributed by atoms with Crippen molar-refractivity contribution in [3.63, 3.8) is 0 Å². The number of thioether (sulfide) groups is 1. The van der Waals surface area contributed by atoms with Gasteiger partial charge in [0, 0.05) is 0 Å². The molecule has 200 valence electrons. The number of hydrogen-bond donors (Lipinski definition) is 8. The van der Waals surface area contributed by atoms with Crippen LogP contribution in [0, 0.1) is 0 Å². The zero-order chi connectivity index (χ0) is 27.4. The molecular formula is C22H32N4O9S. The van der Waals surface area contributed by atoms with Gasteiger partial charge in [-0.3, -0.25) is 19.2 Å². The van der Waals surface area contributed by atoms with Crippen LogP contribution in [-0.4, -0.2) is 92.4 Å². The number of aromatic hydroxyl groups is 1. The van der Waals surface area contributed by atoms with Gasteiger partial charge in [0.15, 0.2) is 0 Å². The van der Waals surface area contributed by atoms with E-state index in [-0.39, 0.29) is 18.6 Å². The number of carbonyl (C=O) groups excluding carboxylic acids is 3. The number of rotatable bonds is 15. The number of nitrogens with two attached hydrogens (primary N) is 1. The highest BCUT2D eigenvalue weighted by molar-refractivity contribution is 7.98. The van der Waals surface area contributed by atoms with E-state index in [9.17, 15) is 34.2 Å². The Morgan fingerprint density at radius 1 is 0.944 bits per heavy atom. The number of benzene rings is 1. The first-order valence-corrected chi connectivity index (χ1v) is 12.3. The predicted octanol–water partition coefficient (Wildman–Crippen LogP) is -1.59. The quantitative estimate of drug-likeness (QED) is 0.129. The van der Waals surface area contributed by atoms with Crippen molar-refractivity contribution in [1.82, 2.24) is 16.0 Å². The Balaban J connectivity index is 2.91. The molecule has 5 atom stereocenters. The average molecular weight is 529 g/mol. The first-order valence-electron chi connectivity index (χ1n) is 10.9. The summed E-state index contributed by atoms with van der Waals surface area (Å²) in [6, 6.07) is 0.539. The minimum absolute atomic E-state index is 0.0555. The molecule has 1 rings (SSSR count). The molecule has 13 nitrogen and oxygen atoms in total. The minimum Gasteiger partial charge on any atom is -0.508 e. The molecule has 36 heavy (non-hydrogen) atoms. The van der Waals surface area contributed by atoms with Gasteiger partial charge in [-0.25, -0.2) is 4.79 Å². The van der Waals surface area contributed by atoms with Crippen molar-refractivity contribution in [3.8, 4) is 5.75 Å². The molecule has 0 aromatic heterocycles. The van der Waals surface area contributed by atoms with Gasteiger partial charge in [-0.2, -0.15) is 11.8 Å². The van der Waals surface area contributed by atoms with Crippen LogP contribution in [-0.2, 0) is 30.4 Å². The number of aliphatic hydroxyl groups excluding tert-OH is 1. The monoisotopic (exact) mass is 528 g/mol. The summed E-state index contributed by atoms with van der Waals surface area (Å²) < 4.78 is 0. The van der Waals surface area contributed by atoms with Gasteiger partial charge in [0.05, 0.1) is 18.6 Å². The Kier molecular flexibility index (Phi) is 12.7. The van der Waals surface area contributed by atoms with E-state index in [1.54, 1.807) is 18.4 Å². The number of carboxylic acids is 2. The van der Waals surface area contributed by atoms with E-state index in [0.717, 1.165) is 0 Å². The molecule has 3 amide bonds. The fourth-order valence-electron chi connectivity index (χ4n) is 3.06. The number of carbonyl (C=O) groups is 5. The topological polar surface area (TPSA) is 228 Å². The number of hydrogen-bond acceptors (Lipinski definition) is 9. The third-order valence-corrected chi connectivity index (χ3v) is 5.67. The molecule has 0 radical (unpaired) electrons. The molecule has 0 aliphatic heterocycles. The van der Waals surface area contributed by atoms with Crippen LogP contribution in [0.1, 0.15) is 25.3 Å². The standard InChI is InChI=1S/C22H32N4O9S/c1-11(27)18(21(33)25-16(22(34)35)10-17(29)30)26-20(32)15(7-8-36-2)24-19(31)14(23)9-12-3-5-13(28)6-4-12/h3-6,11,14-16,18,27-28H,7-10,23H2,1-2H3,(H,24,31)(H,25,33)(H,26,32)(H,29,30)(H,34,35). The lowest BCUT2D eigenvalue weighted by Gasteiger charge is -2.26. The van der Waals surface area contributed by atoms with E-state index in [1.165, 1.54) is 30.8 Å². The lowest BCUT2D eigenvalue weighted by atomic mass is 10.0. The van der Waals surface area contributed by atoms with E-state index in [1.807, 2.05) is 5.32 Å². The fraction of sp³-hybridized carbons (Fsp3) is 0.500. The summed E-state index contributed by atoms with van der Waals surface area (Å²) in [4.78, 5) is 60.2. The maximum absolute atomic E-state index is 12.9. The second-order valence-corrected chi connectivity index (χ2v) is 9.03. The summed E-state index contributed by atoms with van der Waals surface area (Å²) in [5, 5.41) is 44.1. The van der Waals surface area contributed by atoms with Crippen molar-refractivity contribution < 1.29 is 44.4 Å². The van der Waals surface area contributed by atoms with Crippen LogP contribution in [0.2, 0.25) is 0 Å². The number of amides is 3. The van der Waals surface area contributed by atoms with Crippen molar-refractivity contribution in [1.29, 1.82) is 0 Å². The van der Waals surface area contributed by atoms with Gasteiger partial charge in [-0.1, -0.05) is 12.1 Å². The number of phenols is 1. The number of phenolic OH excluding ortho intramolecular Hbond substituents is 1. The normalized spacial score (nSPS) is 15.0. The van der Waals surface area contributed by atoms with Gasteiger partial charge in [-0.15, -0.1) is 0 Å². The van der Waals surface area contributed by atoms with E-state index < -0.39 is 66.4 Å². The summed E-state index contributed by atoms with van der Waals surface area (Å²) in [7, 11) is 0. The fourth-order valence-corrected chi connectivity index (χ4v) is 3.53. The number of aliphatic hydroxyl groups is 1. The Bertz CT molecular complexity index is 927. The molecule has 0 saturated heterocycles. The van der Waals surface area contributed by atoms with Crippen LogP contribution in [0.4, 0.5) is 0 Å². The second-order valence-electron chi connectivity index (χ2n) is 8.04. The molecule has 5 unspecified atom stereocenters. The summed E-state index contributed by atoms with van der Waals surface area (Å²) in [6.45, 7) is 1.18. The molecule has 9 N–H and O–H groups in total. The van der Waals surface area contributed by atoms with Crippen LogP contribution in [0.15, 0.2) is 24.3 Å². The van der Waals surface area contributed by atoms with Gasteiger partial charge in [-0.05, 0) is 49.5 Å². The molecular weight excluding hydrogens is 496 g/mol. The highest BCUT2D eigenvalue weighted by Gasteiger charge is 2.33. The van der Waals surface area contributed by atoms with E-state index in [2.05, 4.69) is 10.6 Å². The van der Waals surface area contributed by atoms with Crippen LogP contribution >= 0.6 is 11.8 Å². The molecule has 14 heteroatoms. The minimum atomic E-state index is -1.78. The van der Waals surface area contributed by atoms with Crippen LogP contribution in [0.3, 0.4) is 0 Å². The Morgan fingerprint density at radius 2 is 1.53 bits per heavy atom. The Morgan fingerprint density at radius 3 is 2.03 bits per heavy atom. The van der Waals surface area contributed by atoms with Crippen molar-refractivity contribution >= 4 is 41.4 Å². The predicted molar refractivity (Wildman–Crippen MR) is 130 cm³/mol. The van der Waals surface area contributed by atoms with Gasteiger partial charge < -0.3 is 42.1 Å². The molecule has 1 aromatic carbocycles. The smallest absolute Gasteiger partial charge is 0.326 e. The molecule has 0 spiro atoms. The van der Waals surface area contributed by atoms with Crippen LogP contribution < -0.4 is 21.7 Å². The van der Waals surface area contributed by atoms with E-state index >= 15 is 0 Å². The highest BCUT2D eigenvalue weighted by atomic mass is 32.2. The van der Waals surface area contributed by atoms with Gasteiger partial charge >= 0.3 is 11.9 Å². The van der Waals surface area contributed by atoms with Gasteiger partial charge in [0.25, 0.3) is 0 Å². The van der Waals surface area contributed by atoms with Crippen molar-refractivity contribution in [3.05, 3.63) is 29.8 Å². The van der Waals surface area contributed by atoms with Crippen molar-refractivity contribution in [2.75, 3.05) is 12.0 Å². The Labute approximate surface area is 211 Å². The number of nitrogens with one attached hydrogen (secondary N) is 3. The number of aliphatic carboxylic acids is 2. The molecule has 0 saturated carbocycles. The van der Waals surface area contributed by atoms with Gasteiger partial charge in [0.1, 0.15) is 23.9 Å². The van der Waals surface area contributed by atoms with Crippen LogP contribution in [0.25, 0.3) is 0 Å². The third kappa shape index (κ3) is 10.5. The molecule has 0 aliphatic rings. The van der Waals surface area contributed by atoms with E-state index in [0.29, 0.717) is 11.3 Å². The average Bonchev–Trinajstić information content (AvgIpc) is 2.80. The summed E-state index contributed by atoms with van der Waals surface area (Å²) in [6.07, 6.45) is -0.306. The van der Waals surface area contributed by atoms with E-state index in [4.69, 9.17) is 15.9 Å².